The molecule has 0 aromatic rings. The van der Waals surface area contributed by atoms with Gasteiger partial charge in [0.1, 0.15) is 6.04 Å². The van der Waals surface area contributed by atoms with Crippen molar-refractivity contribution in [1.29, 1.82) is 0 Å². The van der Waals surface area contributed by atoms with Crippen LogP contribution in [0.2, 0.25) is 0 Å². The number of fused-ring (bicyclic) bond motifs is 1. The Morgan fingerprint density at radius 2 is 2.24 bits per heavy atom. The second-order valence-electron chi connectivity index (χ2n) is 6.19. The first-order valence-corrected chi connectivity index (χ1v) is 8.40. The highest BCUT2D eigenvalue weighted by Crippen LogP contribution is 2.43. The summed E-state index contributed by atoms with van der Waals surface area (Å²) in [6, 6.07) is -0.124. The zero-order chi connectivity index (χ0) is 15.4. The summed E-state index contributed by atoms with van der Waals surface area (Å²) < 4.78 is 5.15. The van der Waals surface area contributed by atoms with Crippen molar-refractivity contribution in [3.63, 3.8) is 0 Å². The Bertz CT molecular complexity index is 438. The number of likely N-dealkylation sites (tertiary alicyclic amines) is 1. The highest BCUT2D eigenvalue weighted by molar-refractivity contribution is 5.75. The highest BCUT2D eigenvalue weighted by Gasteiger charge is 2.41. The lowest BCUT2D eigenvalue weighted by molar-refractivity contribution is -0.148. The lowest BCUT2D eigenvalue weighted by Crippen LogP contribution is -2.39. The molecule has 1 aliphatic heterocycles. The quantitative estimate of drug-likeness (QED) is 0.701. The summed E-state index contributed by atoms with van der Waals surface area (Å²) in [6.07, 6.45) is 8.47. The Kier molecular flexibility index (Phi) is 5.63. The van der Waals surface area contributed by atoms with Crippen LogP contribution >= 0.6 is 0 Å². The van der Waals surface area contributed by atoms with E-state index in [-0.39, 0.29) is 12.0 Å². The monoisotopic (exact) mass is 291 g/mol. The average molecular weight is 291 g/mol. The predicted octanol–water partition coefficient (Wildman–Crippen LogP) is 3.56. The topological polar surface area (TPSA) is 29.5 Å². The molecule has 2 aliphatic rings. The number of carbonyl (C=O) groups is 1. The summed E-state index contributed by atoms with van der Waals surface area (Å²) >= 11 is 0. The molecule has 0 radical (unpaired) electrons. The molecule has 2 rings (SSSR count). The average Bonchev–Trinajstić information content (AvgIpc) is 3.01. The van der Waals surface area contributed by atoms with E-state index in [9.17, 15) is 4.79 Å². The minimum atomic E-state index is -0.124. The maximum absolute atomic E-state index is 11.9. The number of hydrogen-bond acceptors (Lipinski definition) is 3. The van der Waals surface area contributed by atoms with Crippen LogP contribution in [0, 0.1) is 11.8 Å². The van der Waals surface area contributed by atoms with Crippen LogP contribution in [0.3, 0.4) is 0 Å². The predicted molar refractivity (Wildman–Crippen MR) is 86.0 cm³/mol. The Hall–Kier alpha value is -1.09. The van der Waals surface area contributed by atoms with E-state index in [1.54, 1.807) is 5.57 Å². The van der Waals surface area contributed by atoms with Gasteiger partial charge in [0.2, 0.25) is 0 Å². The molecule has 0 bridgehead atoms. The Morgan fingerprint density at radius 1 is 1.48 bits per heavy atom. The second-order valence-corrected chi connectivity index (χ2v) is 6.19. The first-order valence-electron chi connectivity index (χ1n) is 8.40. The third kappa shape index (κ3) is 3.39. The molecule has 1 saturated heterocycles. The Morgan fingerprint density at radius 3 is 2.86 bits per heavy atom. The molecule has 3 atom stereocenters. The number of ether oxygens (including phenoxy) is 1. The van der Waals surface area contributed by atoms with E-state index in [4.69, 9.17) is 4.74 Å². The molecule has 3 nitrogen and oxygen atoms in total. The summed E-state index contributed by atoms with van der Waals surface area (Å²) in [5.41, 5.74) is 3.07. The fourth-order valence-electron chi connectivity index (χ4n) is 3.67. The smallest absolute Gasteiger partial charge is 0.323 e. The lowest BCUT2D eigenvalue weighted by atomic mass is 9.93. The molecule has 0 aromatic heterocycles. The third-order valence-corrected chi connectivity index (χ3v) is 4.86. The van der Waals surface area contributed by atoms with Crippen LogP contribution in [-0.4, -0.2) is 36.6 Å². The zero-order valence-electron chi connectivity index (χ0n) is 13.9. The van der Waals surface area contributed by atoms with E-state index in [1.165, 1.54) is 24.8 Å². The van der Waals surface area contributed by atoms with E-state index < -0.39 is 0 Å². The van der Waals surface area contributed by atoms with Gasteiger partial charge in [-0.2, -0.15) is 0 Å². The fourth-order valence-corrected chi connectivity index (χ4v) is 3.67. The van der Waals surface area contributed by atoms with E-state index in [0.29, 0.717) is 18.4 Å². The number of esters is 1. The van der Waals surface area contributed by atoms with E-state index in [1.807, 2.05) is 13.8 Å². The molecular formula is C18H29NO2. The van der Waals surface area contributed by atoms with E-state index in [2.05, 4.69) is 30.9 Å². The fraction of sp³-hybridized carbons (Fsp3) is 0.722. The molecule has 3 heteroatoms. The molecule has 0 aromatic carbocycles. The highest BCUT2D eigenvalue weighted by atomic mass is 16.5. The summed E-state index contributed by atoms with van der Waals surface area (Å²) in [6.45, 7) is 10.7. The Labute approximate surface area is 129 Å². The van der Waals surface area contributed by atoms with Gasteiger partial charge in [-0.05, 0) is 50.7 Å². The van der Waals surface area contributed by atoms with E-state index >= 15 is 0 Å². The van der Waals surface area contributed by atoms with Gasteiger partial charge in [-0.15, -0.1) is 0 Å². The molecule has 0 amide bonds. The van der Waals surface area contributed by atoms with Crippen LogP contribution in [0.1, 0.15) is 47.0 Å². The zero-order valence-corrected chi connectivity index (χ0v) is 13.9. The normalized spacial score (nSPS) is 28.6. The van der Waals surface area contributed by atoms with Gasteiger partial charge < -0.3 is 4.74 Å². The van der Waals surface area contributed by atoms with Gasteiger partial charge in [-0.25, -0.2) is 0 Å². The third-order valence-electron chi connectivity index (χ3n) is 4.86. The number of nitrogens with zero attached hydrogens (tertiary/aromatic N) is 1. The van der Waals surface area contributed by atoms with E-state index in [0.717, 1.165) is 13.1 Å². The van der Waals surface area contributed by atoms with Gasteiger partial charge in [0.15, 0.2) is 0 Å². The van der Waals surface area contributed by atoms with Crippen molar-refractivity contribution in [2.75, 3.05) is 19.7 Å². The minimum Gasteiger partial charge on any atom is -0.465 e. The van der Waals surface area contributed by atoms with Crippen LogP contribution in [0.25, 0.3) is 0 Å². The second kappa shape index (κ2) is 7.26. The van der Waals surface area contributed by atoms with Crippen molar-refractivity contribution in [2.45, 2.75) is 53.0 Å². The number of unbranched alkanes of at least 4 members (excludes halogenated alkanes) is 1. The first kappa shape index (κ1) is 16.3. The summed E-state index contributed by atoms with van der Waals surface area (Å²) in [5, 5.41) is 0. The van der Waals surface area contributed by atoms with Crippen molar-refractivity contribution in [1.82, 2.24) is 4.90 Å². The van der Waals surface area contributed by atoms with Crippen molar-refractivity contribution in [3.8, 4) is 0 Å². The van der Waals surface area contributed by atoms with Crippen LogP contribution in [-0.2, 0) is 9.53 Å². The van der Waals surface area contributed by atoms with Crippen molar-refractivity contribution >= 4 is 5.97 Å². The number of allylic oxidation sites excluding steroid dienone is 2. The van der Waals surface area contributed by atoms with Gasteiger partial charge in [0, 0.05) is 19.0 Å². The molecule has 0 saturated carbocycles. The standard InChI is InChI=1S/C18H29NO2/c1-5-8-9-14-10-15-11-19(12-17(15)16(14)6-2)13(4)18(20)21-7-3/h6,10,13,15,17H,5,7-9,11-12H2,1-4H3/t13?,15-,17?/m0/s1. The van der Waals surface area contributed by atoms with Crippen molar-refractivity contribution in [2.24, 2.45) is 11.8 Å². The van der Waals surface area contributed by atoms with Crippen molar-refractivity contribution < 1.29 is 9.53 Å². The maximum atomic E-state index is 11.9. The summed E-state index contributed by atoms with van der Waals surface area (Å²) in [5.74, 6) is 1.08. The number of rotatable bonds is 6. The number of hydrogen-bond donors (Lipinski definition) is 0. The summed E-state index contributed by atoms with van der Waals surface area (Å²) in [7, 11) is 0. The molecule has 1 heterocycles. The van der Waals surface area contributed by atoms with Gasteiger partial charge in [0.05, 0.1) is 6.61 Å². The molecule has 0 N–H and O–H groups in total. The minimum absolute atomic E-state index is 0.0883. The van der Waals surface area contributed by atoms with Crippen LogP contribution in [0.5, 0.6) is 0 Å². The van der Waals surface area contributed by atoms with Gasteiger partial charge in [-0.1, -0.05) is 25.5 Å². The molecule has 2 unspecified atom stereocenters. The van der Waals surface area contributed by atoms with Gasteiger partial charge >= 0.3 is 5.97 Å². The summed E-state index contributed by atoms with van der Waals surface area (Å²) in [4.78, 5) is 14.2. The molecular weight excluding hydrogens is 262 g/mol. The maximum Gasteiger partial charge on any atom is 0.323 e. The largest absolute Gasteiger partial charge is 0.465 e. The molecule has 1 aliphatic carbocycles. The SMILES string of the molecule is CC=C1C(CCCC)=C[C@H]2CN(C(C)C(=O)OCC)CC12. The van der Waals surface area contributed by atoms with Gasteiger partial charge in [-0.3, -0.25) is 9.69 Å². The van der Waals surface area contributed by atoms with Crippen LogP contribution in [0.15, 0.2) is 23.3 Å². The Balaban J connectivity index is 2.02. The molecule has 21 heavy (non-hydrogen) atoms. The van der Waals surface area contributed by atoms with Crippen molar-refractivity contribution in [3.05, 3.63) is 23.3 Å². The van der Waals surface area contributed by atoms with Crippen LogP contribution < -0.4 is 0 Å². The van der Waals surface area contributed by atoms with Crippen LogP contribution in [0.4, 0.5) is 0 Å². The molecule has 0 spiro atoms. The first-order chi connectivity index (χ1) is 10.1. The van der Waals surface area contributed by atoms with Gasteiger partial charge in [0.25, 0.3) is 0 Å². The number of carbonyl (C=O) groups excluding carboxylic acids is 1. The molecule has 1 fully saturated rings. The molecule has 118 valence electrons. The lowest BCUT2D eigenvalue weighted by Gasteiger charge is -2.23.